The molecule has 3 heteroatoms. The average Bonchev–Trinajstić information content (AvgIpc) is 2.27. The molecule has 88 valence electrons. The number of amides is 1. The highest BCUT2D eigenvalue weighted by Gasteiger charge is 2.18. The maximum absolute atomic E-state index is 11.6. The minimum atomic E-state index is -0.534. The van der Waals surface area contributed by atoms with Crippen LogP contribution < -0.4 is 5.32 Å². The zero-order valence-corrected chi connectivity index (χ0v) is 9.86. The fourth-order valence-corrected chi connectivity index (χ4v) is 1.38. The van der Waals surface area contributed by atoms with Gasteiger partial charge in [-0.1, -0.05) is 30.3 Å². The Morgan fingerprint density at radius 1 is 1.31 bits per heavy atom. The number of nitrogens with one attached hydrogen (secondary N) is 1. The molecule has 0 heterocycles. The first-order valence-corrected chi connectivity index (χ1v) is 5.49. The predicted octanol–water partition coefficient (Wildman–Crippen LogP) is 1.51. The van der Waals surface area contributed by atoms with Crippen LogP contribution in [0.15, 0.2) is 30.3 Å². The number of hydrogen-bond donors (Lipinski definition) is 2. The SMILES string of the molecule is CC(C)(CO)NC(=O)CCc1ccccc1. The second-order valence-electron chi connectivity index (χ2n) is 4.58. The largest absolute Gasteiger partial charge is 0.394 e. The van der Waals surface area contributed by atoms with Crippen molar-refractivity contribution in [2.45, 2.75) is 32.2 Å². The fraction of sp³-hybridized carbons (Fsp3) is 0.462. The Morgan fingerprint density at radius 3 is 2.50 bits per heavy atom. The molecular formula is C13H19NO2. The van der Waals surface area contributed by atoms with Crippen LogP contribution in [0.5, 0.6) is 0 Å². The summed E-state index contributed by atoms with van der Waals surface area (Å²) in [6.45, 7) is 3.55. The smallest absolute Gasteiger partial charge is 0.220 e. The summed E-state index contributed by atoms with van der Waals surface area (Å²) in [6.07, 6.45) is 1.18. The van der Waals surface area contributed by atoms with Gasteiger partial charge in [0.05, 0.1) is 12.1 Å². The Morgan fingerprint density at radius 2 is 1.94 bits per heavy atom. The lowest BCUT2D eigenvalue weighted by Gasteiger charge is -2.23. The van der Waals surface area contributed by atoms with Gasteiger partial charge in [0.1, 0.15) is 0 Å². The van der Waals surface area contributed by atoms with Gasteiger partial charge in [0.2, 0.25) is 5.91 Å². The predicted molar refractivity (Wildman–Crippen MR) is 64.1 cm³/mol. The number of hydrogen-bond acceptors (Lipinski definition) is 2. The van der Waals surface area contributed by atoms with Crippen LogP contribution >= 0.6 is 0 Å². The summed E-state index contributed by atoms with van der Waals surface area (Å²) in [7, 11) is 0. The topological polar surface area (TPSA) is 49.3 Å². The second-order valence-corrected chi connectivity index (χ2v) is 4.58. The van der Waals surface area contributed by atoms with E-state index >= 15 is 0 Å². The monoisotopic (exact) mass is 221 g/mol. The lowest BCUT2D eigenvalue weighted by atomic mass is 10.1. The maximum Gasteiger partial charge on any atom is 0.220 e. The van der Waals surface area contributed by atoms with Gasteiger partial charge in [-0.25, -0.2) is 0 Å². The van der Waals surface area contributed by atoms with Gasteiger partial charge < -0.3 is 10.4 Å². The Kier molecular flexibility index (Phi) is 4.50. The second kappa shape index (κ2) is 5.66. The molecule has 3 nitrogen and oxygen atoms in total. The summed E-state index contributed by atoms with van der Waals surface area (Å²) >= 11 is 0. The van der Waals surface area contributed by atoms with Crippen molar-refractivity contribution in [3.8, 4) is 0 Å². The normalized spacial score (nSPS) is 11.2. The van der Waals surface area contributed by atoms with Crippen LogP contribution in [0.25, 0.3) is 0 Å². The molecular weight excluding hydrogens is 202 g/mol. The van der Waals surface area contributed by atoms with E-state index in [1.807, 2.05) is 30.3 Å². The number of benzene rings is 1. The molecule has 0 aliphatic heterocycles. The molecule has 0 aliphatic carbocycles. The highest BCUT2D eigenvalue weighted by Crippen LogP contribution is 2.04. The molecule has 0 atom stereocenters. The highest BCUT2D eigenvalue weighted by atomic mass is 16.3. The van der Waals surface area contributed by atoms with Crippen LogP contribution in [-0.2, 0) is 11.2 Å². The zero-order chi connectivity index (χ0) is 12.0. The van der Waals surface area contributed by atoms with Gasteiger partial charge in [0.15, 0.2) is 0 Å². The number of carbonyl (C=O) groups is 1. The first kappa shape index (κ1) is 12.7. The molecule has 1 amide bonds. The molecule has 0 bridgehead atoms. The number of aliphatic hydroxyl groups excluding tert-OH is 1. The lowest BCUT2D eigenvalue weighted by Crippen LogP contribution is -2.46. The number of rotatable bonds is 5. The van der Waals surface area contributed by atoms with E-state index in [0.717, 1.165) is 12.0 Å². The third-order valence-electron chi connectivity index (χ3n) is 2.36. The molecule has 1 aromatic carbocycles. The van der Waals surface area contributed by atoms with Crippen LogP contribution in [0.3, 0.4) is 0 Å². The molecule has 16 heavy (non-hydrogen) atoms. The standard InChI is InChI=1S/C13H19NO2/c1-13(2,10-15)14-12(16)9-8-11-6-4-3-5-7-11/h3-7,15H,8-10H2,1-2H3,(H,14,16). The van der Waals surface area contributed by atoms with Crippen molar-refractivity contribution >= 4 is 5.91 Å². The van der Waals surface area contributed by atoms with Gasteiger partial charge in [-0.15, -0.1) is 0 Å². The lowest BCUT2D eigenvalue weighted by molar-refractivity contribution is -0.123. The minimum absolute atomic E-state index is 0.0251. The van der Waals surface area contributed by atoms with Crippen molar-refractivity contribution in [2.24, 2.45) is 0 Å². The first-order valence-electron chi connectivity index (χ1n) is 5.49. The molecule has 0 radical (unpaired) electrons. The van der Waals surface area contributed by atoms with E-state index in [-0.39, 0.29) is 12.5 Å². The van der Waals surface area contributed by atoms with Crippen LogP contribution in [0.2, 0.25) is 0 Å². The quantitative estimate of drug-likeness (QED) is 0.791. The number of carbonyl (C=O) groups excluding carboxylic acids is 1. The molecule has 0 aliphatic rings. The summed E-state index contributed by atoms with van der Waals surface area (Å²) in [5.41, 5.74) is 0.618. The van der Waals surface area contributed by atoms with Crippen molar-refractivity contribution in [2.75, 3.05) is 6.61 Å². The van der Waals surface area contributed by atoms with E-state index in [2.05, 4.69) is 5.32 Å². The Bertz CT molecular complexity index is 333. The van der Waals surface area contributed by atoms with E-state index in [4.69, 9.17) is 5.11 Å². The van der Waals surface area contributed by atoms with E-state index in [1.54, 1.807) is 13.8 Å². The average molecular weight is 221 g/mol. The van der Waals surface area contributed by atoms with E-state index in [9.17, 15) is 4.79 Å². The summed E-state index contributed by atoms with van der Waals surface area (Å²) in [5, 5.41) is 11.8. The maximum atomic E-state index is 11.6. The van der Waals surface area contributed by atoms with Crippen molar-refractivity contribution in [1.82, 2.24) is 5.32 Å². The minimum Gasteiger partial charge on any atom is -0.394 e. The van der Waals surface area contributed by atoms with Gasteiger partial charge in [-0.3, -0.25) is 4.79 Å². The molecule has 1 rings (SSSR count). The number of aryl methyl sites for hydroxylation is 1. The molecule has 0 fully saturated rings. The van der Waals surface area contributed by atoms with Crippen molar-refractivity contribution < 1.29 is 9.90 Å². The van der Waals surface area contributed by atoms with E-state index < -0.39 is 5.54 Å². The summed E-state index contributed by atoms with van der Waals surface area (Å²) in [4.78, 5) is 11.6. The highest BCUT2D eigenvalue weighted by molar-refractivity contribution is 5.76. The summed E-state index contributed by atoms with van der Waals surface area (Å²) in [5.74, 6) is -0.0251. The van der Waals surface area contributed by atoms with Gasteiger partial charge in [-0.05, 0) is 25.8 Å². The number of aliphatic hydroxyl groups is 1. The Hall–Kier alpha value is -1.35. The van der Waals surface area contributed by atoms with Crippen LogP contribution in [0, 0.1) is 0 Å². The molecule has 0 saturated carbocycles. The van der Waals surface area contributed by atoms with Crippen LogP contribution in [-0.4, -0.2) is 23.2 Å². The van der Waals surface area contributed by atoms with Gasteiger partial charge in [0.25, 0.3) is 0 Å². The fourth-order valence-electron chi connectivity index (χ4n) is 1.38. The zero-order valence-electron chi connectivity index (χ0n) is 9.86. The molecule has 0 aromatic heterocycles. The van der Waals surface area contributed by atoms with Gasteiger partial charge >= 0.3 is 0 Å². The summed E-state index contributed by atoms with van der Waals surface area (Å²) < 4.78 is 0. The molecule has 2 N–H and O–H groups in total. The van der Waals surface area contributed by atoms with Gasteiger partial charge in [0, 0.05) is 6.42 Å². The third kappa shape index (κ3) is 4.45. The van der Waals surface area contributed by atoms with E-state index in [1.165, 1.54) is 0 Å². The Labute approximate surface area is 96.5 Å². The Balaban J connectivity index is 2.36. The van der Waals surface area contributed by atoms with Crippen molar-refractivity contribution in [3.63, 3.8) is 0 Å². The molecule has 1 aromatic rings. The van der Waals surface area contributed by atoms with Crippen molar-refractivity contribution in [3.05, 3.63) is 35.9 Å². The van der Waals surface area contributed by atoms with Crippen LogP contribution in [0.4, 0.5) is 0 Å². The molecule has 0 saturated heterocycles. The third-order valence-corrected chi connectivity index (χ3v) is 2.36. The molecule has 0 spiro atoms. The molecule has 0 unspecified atom stereocenters. The van der Waals surface area contributed by atoms with Crippen LogP contribution in [0.1, 0.15) is 25.8 Å². The van der Waals surface area contributed by atoms with E-state index in [0.29, 0.717) is 6.42 Å². The summed E-state index contributed by atoms with van der Waals surface area (Å²) in [6, 6.07) is 9.89. The van der Waals surface area contributed by atoms with Crippen molar-refractivity contribution in [1.29, 1.82) is 0 Å². The van der Waals surface area contributed by atoms with Gasteiger partial charge in [-0.2, -0.15) is 0 Å². The first-order chi connectivity index (χ1) is 7.53.